The highest BCUT2D eigenvalue weighted by molar-refractivity contribution is 7.26. The number of hydrogen-bond acceptors (Lipinski definition) is 8. The van der Waals surface area contributed by atoms with Crippen LogP contribution in [0.15, 0.2) is 449 Å². The highest BCUT2D eigenvalue weighted by atomic mass is 32.1. The van der Waals surface area contributed by atoms with Crippen molar-refractivity contribution < 1.29 is 0 Å². The minimum Gasteiger partial charge on any atom is -0.309 e. The summed E-state index contributed by atoms with van der Waals surface area (Å²) in [5.74, 6) is 3.96. The van der Waals surface area contributed by atoms with Crippen LogP contribution in [0.4, 0.5) is 0 Å². The van der Waals surface area contributed by atoms with E-state index in [9.17, 15) is 0 Å². The summed E-state index contributed by atoms with van der Waals surface area (Å²) >= 11 is 3.72. The molecule has 0 aliphatic heterocycles. The Hall–Kier alpha value is -17.9. The van der Waals surface area contributed by atoms with E-state index in [1.165, 1.54) is 206 Å². The van der Waals surface area contributed by atoms with Crippen LogP contribution in [-0.4, -0.2) is 48.2 Å². The standard InChI is InChI=1S/2C64H39N5S/c2*1-3-13-39(14-4-1)62-65-63(40-15-5-2-6-16-40)67-64(66-62)45-24-23-43-33-44-25-28-46(37-52(44)51(43)36-45)68-56-20-10-7-17-48(56)53-34-41(26-30-58(53)68)42-27-31-59-54(35-42)49-18-8-11-21-57(49)69(59)47-29-32-61-55(38-47)50-19-9-12-22-60(50)70-61/h2*1-32,34-38H,33H2. The molecule has 0 saturated carbocycles. The first-order valence-electron chi connectivity index (χ1n) is 47.6. The summed E-state index contributed by atoms with van der Waals surface area (Å²) in [6.07, 6.45) is 1.76. The van der Waals surface area contributed by atoms with Crippen LogP contribution in [-0.2, 0) is 12.8 Å². The van der Waals surface area contributed by atoms with Gasteiger partial charge in [-0.15, -0.1) is 22.7 Å². The first kappa shape index (κ1) is 79.4. The molecule has 0 saturated heterocycles. The van der Waals surface area contributed by atoms with E-state index in [0.717, 1.165) is 57.6 Å². The molecule has 652 valence electrons. The number of hydrogen-bond donors (Lipinski definition) is 0. The summed E-state index contributed by atoms with van der Waals surface area (Å²) in [7, 11) is 0. The Labute approximate surface area is 811 Å². The largest absolute Gasteiger partial charge is 0.309 e. The Balaban J connectivity index is 0.000000134. The van der Waals surface area contributed by atoms with Gasteiger partial charge in [0.05, 0.1) is 44.1 Å². The molecule has 0 spiro atoms. The van der Waals surface area contributed by atoms with Gasteiger partial charge < -0.3 is 18.3 Å². The Morgan fingerprint density at radius 3 is 0.693 bits per heavy atom. The molecule has 0 amide bonds. The third kappa shape index (κ3) is 13.0. The molecule has 0 unspecified atom stereocenters. The molecule has 0 radical (unpaired) electrons. The Morgan fingerprint density at radius 2 is 0.379 bits per heavy atom. The van der Waals surface area contributed by atoms with Crippen LogP contribution in [0.5, 0.6) is 0 Å². The van der Waals surface area contributed by atoms with Crippen molar-refractivity contribution in [3.63, 3.8) is 0 Å². The molecule has 0 fully saturated rings. The van der Waals surface area contributed by atoms with Gasteiger partial charge in [-0.1, -0.05) is 291 Å². The molecule has 20 aromatic carbocycles. The van der Waals surface area contributed by atoms with Crippen LogP contribution in [0, 0.1) is 0 Å². The number of benzene rings is 20. The average Bonchev–Trinajstić information content (AvgIpc) is 1.61. The van der Waals surface area contributed by atoms with Crippen LogP contribution in [0.25, 0.3) is 263 Å². The van der Waals surface area contributed by atoms with Crippen molar-refractivity contribution in [2.24, 2.45) is 0 Å². The molecule has 28 aromatic rings. The fourth-order valence-electron chi connectivity index (χ4n) is 22.2. The van der Waals surface area contributed by atoms with Crippen LogP contribution in [0.1, 0.15) is 22.3 Å². The van der Waals surface area contributed by atoms with Crippen molar-refractivity contribution in [3.05, 3.63) is 471 Å². The smallest absolute Gasteiger partial charge is 0.164 e. The van der Waals surface area contributed by atoms with Gasteiger partial charge in [0.1, 0.15) is 0 Å². The number of nitrogens with zero attached hydrogens (tertiary/aromatic N) is 10. The van der Waals surface area contributed by atoms with Crippen LogP contribution >= 0.6 is 22.7 Å². The van der Waals surface area contributed by atoms with Gasteiger partial charge in [-0.2, -0.15) is 0 Å². The molecule has 0 N–H and O–H groups in total. The zero-order chi connectivity index (χ0) is 91.7. The average molecular weight is 1820 g/mol. The van der Waals surface area contributed by atoms with Gasteiger partial charge in [-0.05, 0) is 237 Å². The lowest BCUT2D eigenvalue weighted by Crippen LogP contribution is -2.00. The maximum Gasteiger partial charge on any atom is 0.164 e. The normalized spacial score (nSPS) is 12.2. The van der Waals surface area contributed by atoms with Crippen molar-refractivity contribution in [1.82, 2.24) is 48.2 Å². The van der Waals surface area contributed by atoms with Crippen molar-refractivity contribution in [2.45, 2.75) is 12.8 Å². The van der Waals surface area contributed by atoms with E-state index in [-0.39, 0.29) is 0 Å². The minimum absolute atomic E-state index is 0.659. The molecule has 8 aromatic heterocycles. The minimum atomic E-state index is 0.659. The number of aromatic nitrogens is 10. The monoisotopic (exact) mass is 1820 g/mol. The van der Waals surface area contributed by atoms with Crippen molar-refractivity contribution >= 4 is 150 Å². The Morgan fingerprint density at radius 1 is 0.150 bits per heavy atom. The second-order valence-electron chi connectivity index (χ2n) is 36.8. The summed E-state index contributed by atoms with van der Waals surface area (Å²) in [5.41, 5.74) is 34.9. The van der Waals surface area contributed by atoms with Gasteiger partial charge in [0.15, 0.2) is 34.9 Å². The van der Waals surface area contributed by atoms with Gasteiger partial charge in [0, 0.05) is 140 Å². The summed E-state index contributed by atoms with van der Waals surface area (Å²) in [5, 5.41) is 15.1. The SMILES string of the molecule is c1ccc(-c2nc(-c3ccccc3)nc(-c3ccc4c(c3)-c3cc(-n5c6ccccc6c6cc(-c7ccc8c(c7)c7ccccc7n8-c7ccc8sc9ccccc9c8c7)ccc65)ccc3C4)n2)cc1.c1ccc(-c2nc(-c3ccccc3)nc(-c3ccc4c(c3)-c3cc(-n5c6ccccc6c6cc(-c7ccc8c(c7)c7ccccc7n8-c7ccc8sc9ccccc9c8c7)ccc65)ccc3C4)n2)cc1. The highest BCUT2D eigenvalue weighted by Gasteiger charge is 2.28. The quantitative estimate of drug-likeness (QED) is 0.121. The van der Waals surface area contributed by atoms with E-state index in [2.05, 4.69) is 394 Å². The molecular weight excluding hydrogens is 1740 g/mol. The van der Waals surface area contributed by atoms with Crippen LogP contribution in [0.3, 0.4) is 0 Å². The maximum absolute atomic E-state index is 5.07. The van der Waals surface area contributed by atoms with E-state index in [1.54, 1.807) is 0 Å². The first-order chi connectivity index (χ1) is 69.3. The zero-order valence-electron chi connectivity index (χ0n) is 75.4. The first-order valence-corrected chi connectivity index (χ1v) is 49.2. The summed E-state index contributed by atoms with van der Waals surface area (Å²) in [6, 6.07) is 163. The number of rotatable bonds is 12. The van der Waals surface area contributed by atoms with Crippen molar-refractivity contribution in [3.8, 4) is 136 Å². The third-order valence-corrected chi connectivity index (χ3v) is 31.1. The Kier molecular flexibility index (Phi) is 18.1. The molecular formula is C128H78N10S2. The molecule has 12 heteroatoms. The van der Waals surface area contributed by atoms with Gasteiger partial charge in [-0.25, -0.2) is 29.9 Å². The lowest BCUT2D eigenvalue weighted by Gasteiger charge is -2.12. The molecule has 8 heterocycles. The topological polar surface area (TPSA) is 97.1 Å². The summed E-state index contributed by atoms with van der Waals surface area (Å²) in [6.45, 7) is 0. The van der Waals surface area contributed by atoms with Crippen molar-refractivity contribution in [2.75, 3.05) is 0 Å². The molecule has 0 atom stereocenters. The van der Waals surface area contributed by atoms with E-state index >= 15 is 0 Å². The molecule has 2 aliphatic carbocycles. The number of thiophene rings is 2. The van der Waals surface area contributed by atoms with Crippen LogP contribution in [0.2, 0.25) is 0 Å². The molecule has 2 aliphatic rings. The van der Waals surface area contributed by atoms with Crippen molar-refractivity contribution in [1.29, 1.82) is 0 Å². The summed E-state index contributed by atoms with van der Waals surface area (Å²) < 4.78 is 15.0. The van der Waals surface area contributed by atoms with Gasteiger partial charge in [0.25, 0.3) is 0 Å². The Bertz CT molecular complexity index is 9350. The van der Waals surface area contributed by atoms with E-state index in [0.29, 0.717) is 34.9 Å². The third-order valence-electron chi connectivity index (χ3n) is 28.8. The molecule has 10 nitrogen and oxygen atoms in total. The number of fused-ring (bicyclic) bond motifs is 24. The second-order valence-corrected chi connectivity index (χ2v) is 38.9. The lowest BCUT2D eigenvalue weighted by atomic mass is 10.0. The summed E-state index contributed by atoms with van der Waals surface area (Å²) in [4.78, 5) is 30.2. The highest BCUT2D eigenvalue weighted by Crippen LogP contribution is 2.49. The molecule has 30 rings (SSSR count). The molecule has 140 heavy (non-hydrogen) atoms. The fraction of sp³-hybridized carbons (Fsp3) is 0.0156. The van der Waals surface area contributed by atoms with Gasteiger partial charge >= 0.3 is 0 Å². The van der Waals surface area contributed by atoms with E-state index < -0.39 is 0 Å². The van der Waals surface area contributed by atoms with Gasteiger partial charge in [-0.3, -0.25) is 0 Å². The predicted molar refractivity (Wildman–Crippen MR) is 583 cm³/mol. The van der Waals surface area contributed by atoms with E-state index in [1.807, 2.05) is 95.5 Å². The lowest BCUT2D eigenvalue weighted by molar-refractivity contribution is 1.07. The fourth-order valence-corrected chi connectivity index (χ4v) is 24.3. The predicted octanol–water partition coefficient (Wildman–Crippen LogP) is 33.3. The maximum atomic E-state index is 5.07. The number of para-hydroxylation sites is 4. The second kappa shape index (κ2) is 31.9. The van der Waals surface area contributed by atoms with Gasteiger partial charge in [0.2, 0.25) is 0 Å². The van der Waals surface area contributed by atoms with E-state index in [4.69, 9.17) is 29.9 Å². The molecule has 0 bridgehead atoms. The van der Waals surface area contributed by atoms with Crippen LogP contribution < -0.4 is 0 Å². The zero-order valence-corrected chi connectivity index (χ0v) is 77.1.